The van der Waals surface area contributed by atoms with E-state index in [2.05, 4.69) is 22.0 Å². The summed E-state index contributed by atoms with van der Waals surface area (Å²) in [7, 11) is 0. The first-order valence-corrected chi connectivity index (χ1v) is 6.61. The highest BCUT2D eigenvalue weighted by molar-refractivity contribution is 9.10. The minimum absolute atomic E-state index is 0.151. The second kappa shape index (κ2) is 3.67. The summed E-state index contributed by atoms with van der Waals surface area (Å²) in [5, 5.41) is 0.151. The molecule has 0 amide bonds. The van der Waals surface area contributed by atoms with E-state index in [9.17, 15) is 0 Å². The maximum Gasteiger partial charge on any atom is 0.126 e. The quantitative estimate of drug-likeness (QED) is 0.655. The average molecular weight is 288 g/mol. The molecule has 0 bridgehead atoms. The fourth-order valence-corrected chi connectivity index (χ4v) is 3.90. The lowest BCUT2D eigenvalue weighted by molar-refractivity contribution is 0.351. The Kier molecular flexibility index (Phi) is 2.44. The normalized spacial score (nSPS) is 23.2. The van der Waals surface area contributed by atoms with Gasteiger partial charge in [-0.15, -0.1) is 11.6 Å². The summed E-state index contributed by atoms with van der Waals surface area (Å²) in [6.45, 7) is 0.825. The molecule has 0 saturated carbocycles. The van der Waals surface area contributed by atoms with Crippen molar-refractivity contribution in [2.45, 2.75) is 31.1 Å². The number of ether oxygens (including phenoxy) is 1. The number of alkyl halides is 1. The van der Waals surface area contributed by atoms with E-state index >= 15 is 0 Å². The third-order valence-corrected chi connectivity index (χ3v) is 4.36. The summed E-state index contributed by atoms with van der Waals surface area (Å²) >= 11 is 10.0. The van der Waals surface area contributed by atoms with Gasteiger partial charge in [-0.05, 0) is 36.5 Å². The van der Waals surface area contributed by atoms with E-state index < -0.39 is 0 Å². The molecule has 1 heterocycles. The predicted octanol–water partition coefficient (Wildman–Crippen LogP) is 4.00. The van der Waals surface area contributed by atoms with Crippen molar-refractivity contribution in [2.24, 2.45) is 0 Å². The van der Waals surface area contributed by atoms with E-state index in [-0.39, 0.29) is 5.38 Å². The lowest BCUT2D eigenvalue weighted by Crippen LogP contribution is -2.08. The maximum atomic E-state index is 6.37. The van der Waals surface area contributed by atoms with E-state index in [1.54, 1.807) is 0 Å². The van der Waals surface area contributed by atoms with Crippen LogP contribution in [0.1, 0.15) is 34.9 Å². The number of fused-ring (bicyclic) bond motifs is 3. The number of hydrogen-bond acceptors (Lipinski definition) is 1. The zero-order valence-electron chi connectivity index (χ0n) is 8.35. The van der Waals surface area contributed by atoms with Gasteiger partial charge in [0.25, 0.3) is 0 Å². The highest BCUT2D eigenvalue weighted by Gasteiger charge is 2.28. The van der Waals surface area contributed by atoms with Gasteiger partial charge >= 0.3 is 0 Å². The number of hydrogen-bond donors (Lipinski definition) is 0. The molecule has 1 aliphatic heterocycles. The molecule has 1 atom stereocenters. The van der Waals surface area contributed by atoms with Gasteiger partial charge in [-0.25, -0.2) is 0 Å². The topological polar surface area (TPSA) is 9.23 Å². The first-order chi connectivity index (χ1) is 7.27. The lowest BCUT2D eigenvalue weighted by Gasteiger charge is -2.24. The van der Waals surface area contributed by atoms with Crippen LogP contribution in [0.4, 0.5) is 0 Å². The molecule has 0 aromatic heterocycles. The van der Waals surface area contributed by atoms with Crippen molar-refractivity contribution in [3.63, 3.8) is 0 Å². The van der Waals surface area contributed by atoms with E-state index in [0.29, 0.717) is 0 Å². The minimum Gasteiger partial charge on any atom is -0.493 e. The molecule has 80 valence electrons. The van der Waals surface area contributed by atoms with Crippen LogP contribution >= 0.6 is 27.5 Å². The predicted molar refractivity (Wildman–Crippen MR) is 64.9 cm³/mol. The highest BCUT2D eigenvalue weighted by atomic mass is 79.9. The minimum atomic E-state index is 0.151. The van der Waals surface area contributed by atoms with E-state index in [1.807, 2.05) is 0 Å². The number of halogens is 2. The van der Waals surface area contributed by atoms with Crippen molar-refractivity contribution in [1.29, 1.82) is 0 Å². The van der Waals surface area contributed by atoms with Crippen LogP contribution in [-0.4, -0.2) is 6.61 Å². The first-order valence-electron chi connectivity index (χ1n) is 5.38. The second-order valence-electron chi connectivity index (χ2n) is 4.20. The van der Waals surface area contributed by atoms with Crippen LogP contribution in [0.15, 0.2) is 10.5 Å². The largest absolute Gasteiger partial charge is 0.493 e. The van der Waals surface area contributed by atoms with Gasteiger partial charge in [0.15, 0.2) is 0 Å². The third-order valence-electron chi connectivity index (χ3n) is 3.26. The molecular weight excluding hydrogens is 275 g/mol. The molecule has 2 aliphatic rings. The first kappa shape index (κ1) is 9.98. The van der Waals surface area contributed by atoms with Gasteiger partial charge in [0.05, 0.1) is 12.0 Å². The highest BCUT2D eigenvalue weighted by Crippen LogP contribution is 2.46. The summed E-state index contributed by atoms with van der Waals surface area (Å²) in [6, 6.07) is 2.18. The van der Waals surface area contributed by atoms with Gasteiger partial charge in [0.1, 0.15) is 5.75 Å². The van der Waals surface area contributed by atoms with Crippen LogP contribution in [0.3, 0.4) is 0 Å². The van der Waals surface area contributed by atoms with Crippen LogP contribution in [0.5, 0.6) is 5.75 Å². The fourth-order valence-electron chi connectivity index (χ4n) is 2.57. The van der Waals surface area contributed by atoms with Crippen molar-refractivity contribution in [3.8, 4) is 5.75 Å². The van der Waals surface area contributed by atoms with Gasteiger partial charge in [0, 0.05) is 16.5 Å². The summed E-state index contributed by atoms with van der Waals surface area (Å²) in [4.78, 5) is 0. The summed E-state index contributed by atoms with van der Waals surface area (Å²) in [6.07, 6.45) is 4.40. The Hall–Kier alpha value is -0.210. The molecule has 1 nitrogen and oxygen atoms in total. The average Bonchev–Trinajstić information content (AvgIpc) is 2.65. The molecule has 1 unspecified atom stereocenters. The smallest absolute Gasteiger partial charge is 0.126 e. The SMILES string of the molecule is ClC1CCCc2c3c(cc(Br)c21)CCO3. The van der Waals surface area contributed by atoms with E-state index in [4.69, 9.17) is 16.3 Å². The van der Waals surface area contributed by atoms with E-state index in [1.165, 1.54) is 27.6 Å². The molecule has 0 radical (unpaired) electrons. The molecule has 3 rings (SSSR count). The molecule has 1 aliphatic carbocycles. The van der Waals surface area contributed by atoms with Gasteiger partial charge in [-0.3, -0.25) is 0 Å². The molecule has 3 heteroatoms. The summed E-state index contributed by atoms with van der Waals surface area (Å²) in [5.74, 6) is 1.12. The Morgan fingerprint density at radius 2 is 2.27 bits per heavy atom. The Balaban J connectivity index is 2.24. The fraction of sp³-hybridized carbons (Fsp3) is 0.500. The van der Waals surface area contributed by atoms with Crippen LogP contribution in [0, 0.1) is 0 Å². The molecule has 15 heavy (non-hydrogen) atoms. The molecule has 0 fully saturated rings. The van der Waals surface area contributed by atoms with Crippen LogP contribution in [0.25, 0.3) is 0 Å². The second-order valence-corrected chi connectivity index (χ2v) is 5.58. The standard InChI is InChI=1S/C12H12BrClO/c13-9-6-7-4-5-15-12(7)8-2-1-3-10(14)11(8)9/h6,10H,1-5H2. The molecule has 1 aromatic carbocycles. The summed E-state index contributed by atoms with van der Waals surface area (Å²) in [5.41, 5.74) is 3.96. The molecule has 0 N–H and O–H groups in total. The molecule has 0 spiro atoms. The Morgan fingerprint density at radius 3 is 3.13 bits per heavy atom. The van der Waals surface area contributed by atoms with Crippen molar-refractivity contribution >= 4 is 27.5 Å². The number of rotatable bonds is 0. The van der Waals surface area contributed by atoms with Crippen molar-refractivity contribution < 1.29 is 4.74 Å². The van der Waals surface area contributed by atoms with Gasteiger partial charge in [0.2, 0.25) is 0 Å². The third kappa shape index (κ3) is 1.50. The monoisotopic (exact) mass is 286 g/mol. The van der Waals surface area contributed by atoms with E-state index in [0.717, 1.165) is 31.6 Å². The van der Waals surface area contributed by atoms with Crippen LogP contribution in [-0.2, 0) is 12.8 Å². The summed E-state index contributed by atoms with van der Waals surface area (Å²) < 4.78 is 6.89. The lowest BCUT2D eigenvalue weighted by atomic mass is 9.89. The number of benzene rings is 1. The van der Waals surface area contributed by atoms with Crippen molar-refractivity contribution in [3.05, 3.63) is 27.2 Å². The van der Waals surface area contributed by atoms with Gasteiger partial charge in [-0.2, -0.15) is 0 Å². The van der Waals surface area contributed by atoms with Crippen LogP contribution < -0.4 is 4.74 Å². The Morgan fingerprint density at radius 1 is 1.40 bits per heavy atom. The van der Waals surface area contributed by atoms with Crippen LogP contribution in [0.2, 0.25) is 0 Å². The zero-order chi connectivity index (χ0) is 10.4. The Labute approximate surface area is 103 Å². The van der Waals surface area contributed by atoms with Crippen molar-refractivity contribution in [2.75, 3.05) is 6.61 Å². The molecule has 1 aromatic rings. The zero-order valence-corrected chi connectivity index (χ0v) is 10.7. The maximum absolute atomic E-state index is 6.37. The van der Waals surface area contributed by atoms with Crippen molar-refractivity contribution in [1.82, 2.24) is 0 Å². The van der Waals surface area contributed by atoms with Gasteiger partial charge < -0.3 is 4.74 Å². The Bertz CT molecular complexity index is 417. The molecule has 0 saturated heterocycles. The molecular formula is C12H12BrClO. The van der Waals surface area contributed by atoms with Gasteiger partial charge in [-0.1, -0.05) is 15.9 Å².